The molecular formula is C15H11ClO. The number of halogens is 1. The van der Waals surface area contributed by atoms with Gasteiger partial charge in [0.2, 0.25) is 0 Å². The fraction of sp³-hybridized carbons (Fsp3) is 0.200. The largest absolute Gasteiger partial charge is 0.456 e. The lowest BCUT2D eigenvalue weighted by Gasteiger charge is -1.98. The lowest BCUT2D eigenvalue weighted by atomic mass is 10.1. The van der Waals surface area contributed by atoms with E-state index in [1.54, 1.807) is 0 Å². The van der Waals surface area contributed by atoms with Crippen molar-refractivity contribution in [1.29, 1.82) is 0 Å². The molecule has 0 spiro atoms. The summed E-state index contributed by atoms with van der Waals surface area (Å²) < 4.78 is 5.99. The van der Waals surface area contributed by atoms with Crippen LogP contribution in [0.5, 0.6) is 0 Å². The van der Waals surface area contributed by atoms with Crippen molar-refractivity contribution in [3.63, 3.8) is 0 Å². The van der Waals surface area contributed by atoms with Crippen molar-refractivity contribution < 1.29 is 4.42 Å². The molecule has 0 saturated heterocycles. The second kappa shape index (κ2) is 3.27. The summed E-state index contributed by atoms with van der Waals surface area (Å²) in [6.45, 7) is 0. The highest BCUT2D eigenvalue weighted by Crippen LogP contribution is 2.36. The van der Waals surface area contributed by atoms with Gasteiger partial charge in [0.25, 0.3) is 0 Å². The smallest absolute Gasteiger partial charge is 0.138 e. The fourth-order valence-corrected chi connectivity index (χ4v) is 3.04. The Morgan fingerprint density at radius 2 is 1.88 bits per heavy atom. The molecule has 0 radical (unpaired) electrons. The van der Waals surface area contributed by atoms with E-state index in [4.69, 9.17) is 16.0 Å². The molecule has 0 N–H and O–H groups in total. The summed E-state index contributed by atoms with van der Waals surface area (Å²) in [7, 11) is 0. The quantitative estimate of drug-likeness (QED) is 0.556. The second-order valence-corrected chi connectivity index (χ2v) is 5.11. The maximum absolute atomic E-state index is 6.00. The summed E-state index contributed by atoms with van der Waals surface area (Å²) in [6, 6.07) is 10.3. The van der Waals surface area contributed by atoms with Gasteiger partial charge in [0.1, 0.15) is 11.2 Å². The first-order valence-electron chi connectivity index (χ1n) is 5.95. The summed E-state index contributed by atoms with van der Waals surface area (Å²) in [4.78, 5) is 0. The molecule has 3 aromatic rings. The molecule has 84 valence electrons. The normalized spacial score (nSPS) is 14.6. The Balaban J connectivity index is 2.20. The molecule has 1 heterocycles. The van der Waals surface area contributed by atoms with Crippen molar-refractivity contribution in [3.8, 4) is 0 Å². The molecule has 0 saturated carbocycles. The maximum Gasteiger partial charge on any atom is 0.138 e. The van der Waals surface area contributed by atoms with Gasteiger partial charge in [-0.05, 0) is 42.5 Å². The molecule has 1 aliphatic rings. The van der Waals surface area contributed by atoms with Crippen LogP contribution in [0.15, 0.2) is 34.7 Å². The van der Waals surface area contributed by atoms with Crippen LogP contribution in [0, 0.1) is 0 Å². The molecule has 0 atom stereocenters. The van der Waals surface area contributed by atoms with E-state index in [0.717, 1.165) is 22.6 Å². The first-order valence-corrected chi connectivity index (χ1v) is 6.33. The molecule has 0 unspecified atom stereocenters. The standard InChI is InChI=1S/C15H11ClO/c16-10-5-7-12-13-6-4-9-2-1-3-11(9)15(13)17-14(12)8-10/h4-8H,1-3H2. The van der Waals surface area contributed by atoms with Gasteiger partial charge >= 0.3 is 0 Å². The SMILES string of the molecule is Clc1ccc2c(c1)oc1c3c(ccc12)CCC3. The third-order valence-corrected chi connectivity index (χ3v) is 3.91. The van der Waals surface area contributed by atoms with Crippen molar-refractivity contribution in [1.82, 2.24) is 0 Å². The van der Waals surface area contributed by atoms with Crippen LogP contribution in [-0.2, 0) is 12.8 Å². The van der Waals surface area contributed by atoms with Crippen molar-refractivity contribution in [3.05, 3.63) is 46.5 Å². The van der Waals surface area contributed by atoms with Gasteiger partial charge in [-0.3, -0.25) is 0 Å². The van der Waals surface area contributed by atoms with Crippen LogP contribution in [-0.4, -0.2) is 0 Å². The van der Waals surface area contributed by atoms with Crippen LogP contribution < -0.4 is 0 Å². The Morgan fingerprint density at radius 3 is 2.82 bits per heavy atom. The minimum Gasteiger partial charge on any atom is -0.456 e. The molecule has 0 aliphatic heterocycles. The van der Waals surface area contributed by atoms with Crippen LogP contribution >= 0.6 is 11.6 Å². The topological polar surface area (TPSA) is 13.1 Å². The molecule has 17 heavy (non-hydrogen) atoms. The van der Waals surface area contributed by atoms with Crippen LogP contribution in [0.2, 0.25) is 5.02 Å². The monoisotopic (exact) mass is 242 g/mol. The number of hydrogen-bond donors (Lipinski definition) is 0. The first-order chi connectivity index (χ1) is 8.33. The number of aryl methyl sites for hydroxylation is 2. The number of furan rings is 1. The maximum atomic E-state index is 6.00. The molecule has 0 fully saturated rings. The average Bonchev–Trinajstić information content (AvgIpc) is 2.90. The Kier molecular flexibility index (Phi) is 1.84. The third kappa shape index (κ3) is 1.26. The van der Waals surface area contributed by atoms with Gasteiger partial charge in [-0.25, -0.2) is 0 Å². The van der Waals surface area contributed by atoms with E-state index in [1.807, 2.05) is 18.2 Å². The predicted molar refractivity (Wildman–Crippen MR) is 70.8 cm³/mol. The van der Waals surface area contributed by atoms with Gasteiger partial charge in [0, 0.05) is 21.9 Å². The molecule has 2 heteroatoms. The van der Waals surface area contributed by atoms with E-state index in [9.17, 15) is 0 Å². The molecule has 1 nitrogen and oxygen atoms in total. The van der Waals surface area contributed by atoms with Crippen LogP contribution in [0.4, 0.5) is 0 Å². The highest BCUT2D eigenvalue weighted by Gasteiger charge is 2.18. The van der Waals surface area contributed by atoms with Gasteiger partial charge in [0.15, 0.2) is 0 Å². The van der Waals surface area contributed by atoms with Gasteiger partial charge in [-0.1, -0.05) is 23.7 Å². The third-order valence-electron chi connectivity index (χ3n) is 3.68. The zero-order valence-electron chi connectivity index (χ0n) is 9.29. The lowest BCUT2D eigenvalue weighted by molar-refractivity contribution is 0.663. The minimum atomic E-state index is 0.730. The van der Waals surface area contributed by atoms with Crippen molar-refractivity contribution in [2.45, 2.75) is 19.3 Å². The Morgan fingerprint density at radius 1 is 1.00 bits per heavy atom. The summed E-state index contributed by atoms with van der Waals surface area (Å²) in [6.07, 6.45) is 3.57. The van der Waals surface area contributed by atoms with Crippen molar-refractivity contribution in [2.24, 2.45) is 0 Å². The Bertz CT molecular complexity index is 739. The van der Waals surface area contributed by atoms with Crippen molar-refractivity contribution >= 4 is 33.5 Å². The summed E-state index contributed by atoms with van der Waals surface area (Å²) >= 11 is 6.00. The predicted octanol–water partition coefficient (Wildman–Crippen LogP) is 4.73. The number of hydrogen-bond acceptors (Lipinski definition) is 1. The fourth-order valence-electron chi connectivity index (χ4n) is 2.87. The van der Waals surface area contributed by atoms with Crippen LogP contribution in [0.1, 0.15) is 17.5 Å². The zero-order chi connectivity index (χ0) is 11.4. The van der Waals surface area contributed by atoms with Gasteiger partial charge in [0.05, 0.1) is 0 Å². The Hall–Kier alpha value is -1.47. The number of rotatable bonds is 0. The lowest BCUT2D eigenvalue weighted by Crippen LogP contribution is -1.81. The molecule has 1 aromatic heterocycles. The van der Waals surface area contributed by atoms with E-state index < -0.39 is 0 Å². The van der Waals surface area contributed by atoms with E-state index in [1.165, 1.54) is 34.7 Å². The van der Waals surface area contributed by atoms with Crippen LogP contribution in [0.3, 0.4) is 0 Å². The molecule has 2 aromatic carbocycles. The van der Waals surface area contributed by atoms with Gasteiger partial charge < -0.3 is 4.42 Å². The van der Waals surface area contributed by atoms with E-state index in [0.29, 0.717) is 0 Å². The zero-order valence-corrected chi connectivity index (χ0v) is 10.1. The summed E-state index contributed by atoms with van der Waals surface area (Å²) in [5, 5.41) is 3.12. The molecule has 0 bridgehead atoms. The second-order valence-electron chi connectivity index (χ2n) is 4.68. The summed E-state index contributed by atoms with van der Waals surface area (Å²) in [5.74, 6) is 0. The van der Waals surface area contributed by atoms with Gasteiger partial charge in [-0.15, -0.1) is 0 Å². The van der Waals surface area contributed by atoms with E-state index in [2.05, 4.69) is 12.1 Å². The number of fused-ring (bicyclic) bond motifs is 5. The van der Waals surface area contributed by atoms with Gasteiger partial charge in [-0.2, -0.15) is 0 Å². The van der Waals surface area contributed by atoms with Crippen LogP contribution in [0.25, 0.3) is 21.9 Å². The molecular weight excluding hydrogens is 232 g/mol. The molecule has 4 rings (SSSR count). The van der Waals surface area contributed by atoms with E-state index >= 15 is 0 Å². The number of benzene rings is 2. The highest BCUT2D eigenvalue weighted by molar-refractivity contribution is 6.31. The minimum absolute atomic E-state index is 0.730. The van der Waals surface area contributed by atoms with Crippen molar-refractivity contribution in [2.75, 3.05) is 0 Å². The summed E-state index contributed by atoms with van der Waals surface area (Å²) in [5.41, 5.74) is 4.81. The van der Waals surface area contributed by atoms with E-state index in [-0.39, 0.29) is 0 Å². The molecule has 0 amide bonds. The first kappa shape index (κ1) is 9.55. The average molecular weight is 243 g/mol. The highest BCUT2D eigenvalue weighted by atomic mass is 35.5. The Labute approximate surface area is 104 Å². The molecule has 1 aliphatic carbocycles.